The van der Waals surface area contributed by atoms with E-state index < -0.39 is 24.5 Å². The van der Waals surface area contributed by atoms with Crippen LogP contribution in [-0.4, -0.2) is 69.5 Å². The first-order chi connectivity index (χ1) is 19.3. The number of ether oxygens (including phenoxy) is 1. The molecule has 4 aromatic rings. The van der Waals surface area contributed by atoms with Gasteiger partial charge in [-0.1, -0.05) is 6.07 Å². The summed E-state index contributed by atoms with van der Waals surface area (Å²) >= 11 is 0. The van der Waals surface area contributed by atoms with Gasteiger partial charge < -0.3 is 24.4 Å². The second-order valence-electron chi connectivity index (χ2n) is 9.98. The van der Waals surface area contributed by atoms with Crippen molar-refractivity contribution in [3.05, 3.63) is 65.5 Å². The van der Waals surface area contributed by atoms with Crippen molar-refractivity contribution in [2.24, 2.45) is 0 Å². The molecule has 204 valence electrons. The zero-order valence-corrected chi connectivity index (χ0v) is 21.1. The summed E-state index contributed by atoms with van der Waals surface area (Å²) in [6.45, 7) is -1.88. The van der Waals surface area contributed by atoms with E-state index in [1.54, 1.807) is 29.0 Å². The van der Waals surface area contributed by atoms with Crippen LogP contribution in [0.2, 0.25) is 0 Å². The number of alkyl halides is 2. The van der Waals surface area contributed by atoms with Gasteiger partial charge in [-0.15, -0.1) is 0 Å². The highest BCUT2D eigenvalue weighted by Gasteiger charge is 2.45. The molecule has 1 fully saturated rings. The minimum absolute atomic E-state index is 0.0766. The molecule has 5 heterocycles. The molecule has 13 heteroatoms. The molecule has 2 aromatic heterocycles. The Hall–Kier alpha value is -4.68. The van der Waals surface area contributed by atoms with Crippen LogP contribution in [0.15, 0.2) is 42.7 Å². The minimum atomic E-state index is -3.07. The van der Waals surface area contributed by atoms with Gasteiger partial charge in [0.15, 0.2) is 0 Å². The average Bonchev–Trinajstić information content (AvgIpc) is 3.45. The zero-order valence-electron chi connectivity index (χ0n) is 21.1. The van der Waals surface area contributed by atoms with E-state index in [1.807, 2.05) is 4.57 Å². The number of halogens is 3. The molecular formula is C27H22F3N7O3. The molecule has 0 spiro atoms. The second-order valence-corrected chi connectivity index (χ2v) is 9.98. The molecule has 2 atom stereocenters. The molecule has 7 rings (SSSR count). The van der Waals surface area contributed by atoms with Gasteiger partial charge in [0.2, 0.25) is 11.9 Å². The Kier molecular flexibility index (Phi) is 5.44. The van der Waals surface area contributed by atoms with Gasteiger partial charge in [-0.3, -0.25) is 9.59 Å². The normalized spacial score (nSPS) is 20.0. The van der Waals surface area contributed by atoms with Crippen molar-refractivity contribution in [3.8, 4) is 16.9 Å². The number of aromatic nitrogens is 4. The summed E-state index contributed by atoms with van der Waals surface area (Å²) < 4.78 is 48.8. The van der Waals surface area contributed by atoms with Crippen LogP contribution in [0.25, 0.3) is 22.2 Å². The van der Waals surface area contributed by atoms with Crippen LogP contribution in [0.4, 0.5) is 19.1 Å². The van der Waals surface area contributed by atoms with Gasteiger partial charge in [-0.2, -0.15) is 8.78 Å². The highest BCUT2D eigenvalue weighted by molar-refractivity contribution is 5.98. The summed E-state index contributed by atoms with van der Waals surface area (Å²) in [6, 6.07) is 6.52. The summed E-state index contributed by atoms with van der Waals surface area (Å²) in [7, 11) is 1.64. The fourth-order valence-corrected chi connectivity index (χ4v) is 5.96. The van der Waals surface area contributed by atoms with E-state index in [9.17, 15) is 18.4 Å². The Morgan fingerprint density at radius 1 is 1.10 bits per heavy atom. The number of fused-ring (bicyclic) bond motifs is 9. The number of amides is 2. The van der Waals surface area contributed by atoms with Gasteiger partial charge in [-0.05, 0) is 18.2 Å². The molecule has 3 aliphatic rings. The van der Waals surface area contributed by atoms with Crippen molar-refractivity contribution in [3.63, 3.8) is 0 Å². The quantitative estimate of drug-likeness (QED) is 0.417. The summed E-state index contributed by atoms with van der Waals surface area (Å²) in [6.07, 6.45) is 3.41. The maximum atomic E-state index is 15.4. The van der Waals surface area contributed by atoms with E-state index >= 15 is 4.39 Å². The first-order valence-electron chi connectivity index (χ1n) is 12.7. The molecule has 40 heavy (non-hydrogen) atoms. The van der Waals surface area contributed by atoms with Gasteiger partial charge in [0.25, 0.3) is 5.91 Å². The van der Waals surface area contributed by atoms with Crippen LogP contribution in [0.1, 0.15) is 40.3 Å². The number of piperazine rings is 1. The topological polar surface area (TPSA) is 105 Å². The summed E-state index contributed by atoms with van der Waals surface area (Å²) in [4.78, 5) is 41.7. The molecule has 10 nitrogen and oxygen atoms in total. The van der Waals surface area contributed by atoms with Crippen molar-refractivity contribution < 1.29 is 27.5 Å². The molecule has 3 aliphatic heterocycles. The van der Waals surface area contributed by atoms with Gasteiger partial charge in [-0.25, -0.2) is 19.3 Å². The molecule has 0 radical (unpaired) electrons. The van der Waals surface area contributed by atoms with Gasteiger partial charge in [0.05, 0.1) is 29.7 Å². The lowest BCUT2D eigenvalue weighted by Gasteiger charge is -2.26. The zero-order chi connectivity index (χ0) is 27.7. The molecule has 2 aromatic carbocycles. The van der Waals surface area contributed by atoms with Gasteiger partial charge in [0, 0.05) is 67.3 Å². The SMILES string of the molecule is CN1C(=O)c2cccc(OC(F)F)c2[C@H]2C[C@H]1c1nc3cc(F)c(-c4cnc(N5CCNC(=O)C5)nc4)cc3n12. The predicted molar refractivity (Wildman–Crippen MR) is 137 cm³/mol. The van der Waals surface area contributed by atoms with E-state index in [0.717, 1.165) is 0 Å². The number of carbonyl (C=O) groups excluding carboxylic acids is 2. The molecule has 0 aliphatic carbocycles. The third-order valence-corrected chi connectivity index (χ3v) is 7.77. The number of rotatable bonds is 4. The van der Waals surface area contributed by atoms with Crippen molar-refractivity contribution >= 4 is 28.8 Å². The van der Waals surface area contributed by atoms with E-state index in [4.69, 9.17) is 4.74 Å². The third kappa shape index (κ3) is 3.67. The second kappa shape index (κ2) is 8.93. The maximum absolute atomic E-state index is 15.4. The standard InChI is InChI=1S/C27H22F3N7O3/c1-35-20-9-19(23-14(25(35)39)3-2-4-21(23)40-26(29)30)37-18-7-15(16(28)8-17(18)34-24(20)37)13-10-32-27(33-11-13)36-6-5-31-22(38)12-36/h2-4,7-8,10-11,19-20,26H,5-6,9,12H2,1H3,(H,31,38)/t19-,20+/m1/s1. The first kappa shape index (κ1) is 24.4. The Morgan fingerprint density at radius 3 is 2.65 bits per heavy atom. The van der Waals surface area contributed by atoms with E-state index in [1.165, 1.54) is 30.6 Å². The fraction of sp³-hybridized carbons (Fsp3) is 0.296. The first-order valence-corrected chi connectivity index (χ1v) is 12.7. The van der Waals surface area contributed by atoms with E-state index in [0.29, 0.717) is 53.4 Å². The minimum Gasteiger partial charge on any atom is -0.434 e. The molecule has 1 saturated heterocycles. The number of hydrogen-bond acceptors (Lipinski definition) is 7. The molecule has 2 amide bonds. The Bertz CT molecular complexity index is 1690. The van der Waals surface area contributed by atoms with Gasteiger partial charge >= 0.3 is 6.61 Å². The lowest BCUT2D eigenvalue weighted by Crippen LogP contribution is -2.48. The van der Waals surface area contributed by atoms with Crippen LogP contribution >= 0.6 is 0 Å². The number of imidazole rings is 1. The molecular weight excluding hydrogens is 527 g/mol. The maximum Gasteiger partial charge on any atom is 0.387 e. The number of nitrogens with one attached hydrogen (secondary N) is 1. The van der Waals surface area contributed by atoms with Crippen molar-refractivity contribution in [2.45, 2.75) is 25.1 Å². The van der Waals surface area contributed by atoms with E-state index in [2.05, 4.69) is 20.3 Å². The lowest BCUT2D eigenvalue weighted by atomic mass is 9.97. The third-order valence-electron chi connectivity index (χ3n) is 7.77. The van der Waals surface area contributed by atoms with Crippen molar-refractivity contribution in [1.82, 2.24) is 29.7 Å². The largest absolute Gasteiger partial charge is 0.434 e. The Balaban J connectivity index is 1.35. The summed E-state index contributed by atoms with van der Waals surface area (Å²) in [5.41, 5.74) is 2.24. The molecule has 0 saturated carbocycles. The van der Waals surface area contributed by atoms with Crippen LogP contribution in [0.3, 0.4) is 0 Å². The van der Waals surface area contributed by atoms with Crippen LogP contribution in [0.5, 0.6) is 5.75 Å². The van der Waals surface area contributed by atoms with Crippen molar-refractivity contribution in [1.29, 1.82) is 0 Å². The molecule has 1 N–H and O–H groups in total. The van der Waals surface area contributed by atoms with E-state index in [-0.39, 0.29) is 35.2 Å². The smallest absolute Gasteiger partial charge is 0.387 e. The summed E-state index contributed by atoms with van der Waals surface area (Å²) in [5.74, 6) is -0.149. The Labute approximate surface area is 225 Å². The number of nitrogens with zero attached hydrogens (tertiary/aromatic N) is 6. The average molecular weight is 550 g/mol. The summed E-state index contributed by atoms with van der Waals surface area (Å²) in [5, 5.41) is 2.74. The predicted octanol–water partition coefficient (Wildman–Crippen LogP) is 3.29. The van der Waals surface area contributed by atoms with Crippen molar-refractivity contribution in [2.75, 3.05) is 31.6 Å². The fourth-order valence-electron chi connectivity index (χ4n) is 5.96. The van der Waals surface area contributed by atoms with Gasteiger partial charge in [0.1, 0.15) is 17.4 Å². The molecule has 2 bridgehead atoms. The number of hydrogen-bond donors (Lipinski definition) is 1. The number of benzene rings is 2. The number of carbonyl (C=O) groups is 2. The van der Waals surface area contributed by atoms with Crippen LogP contribution < -0.4 is 15.0 Å². The molecule has 0 unspecified atom stereocenters. The lowest BCUT2D eigenvalue weighted by molar-refractivity contribution is -0.120. The van der Waals surface area contributed by atoms with Crippen LogP contribution in [-0.2, 0) is 4.79 Å². The highest BCUT2D eigenvalue weighted by Crippen LogP contribution is 2.50. The Morgan fingerprint density at radius 2 is 1.90 bits per heavy atom. The monoisotopic (exact) mass is 549 g/mol. The number of anilines is 1. The highest BCUT2D eigenvalue weighted by atomic mass is 19.3. The van der Waals surface area contributed by atoms with Crippen LogP contribution in [0, 0.1) is 5.82 Å².